The molecule has 1 atom stereocenters. The van der Waals surface area contributed by atoms with E-state index in [4.69, 9.17) is 4.74 Å². The lowest BCUT2D eigenvalue weighted by atomic mass is 10.1. The molecule has 0 unspecified atom stereocenters. The van der Waals surface area contributed by atoms with E-state index in [1.807, 2.05) is 13.0 Å². The van der Waals surface area contributed by atoms with Gasteiger partial charge in [0.1, 0.15) is 11.6 Å². The molecule has 1 fully saturated rings. The Morgan fingerprint density at radius 1 is 1.27 bits per heavy atom. The van der Waals surface area contributed by atoms with Gasteiger partial charge in [-0.3, -0.25) is 9.59 Å². The topological polar surface area (TPSA) is 58.6 Å². The van der Waals surface area contributed by atoms with Crippen LogP contribution in [0.2, 0.25) is 0 Å². The molecular formula is C20H21FN2O3. The van der Waals surface area contributed by atoms with Crippen molar-refractivity contribution in [1.82, 2.24) is 10.2 Å². The lowest BCUT2D eigenvalue weighted by Crippen LogP contribution is -2.37. The number of rotatable bonds is 5. The van der Waals surface area contributed by atoms with Gasteiger partial charge in [-0.1, -0.05) is 18.2 Å². The third-order valence-corrected chi connectivity index (χ3v) is 4.51. The number of nitrogens with one attached hydrogen (secondary N) is 1. The summed E-state index contributed by atoms with van der Waals surface area (Å²) in [5.74, 6) is 0.0871. The van der Waals surface area contributed by atoms with Crippen LogP contribution in [0, 0.1) is 12.7 Å². The van der Waals surface area contributed by atoms with E-state index in [9.17, 15) is 14.0 Å². The van der Waals surface area contributed by atoms with E-state index in [2.05, 4.69) is 5.32 Å². The van der Waals surface area contributed by atoms with Crippen molar-refractivity contribution in [2.24, 2.45) is 0 Å². The molecule has 5 nitrogen and oxygen atoms in total. The number of amides is 2. The van der Waals surface area contributed by atoms with E-state index in [0.29, 0.717) is 24.4 Å². The Morgan fingerprint density at radius 2 is 2.00 bits per heavy atom. The second-order valence-corrected chi connectivity index (χ2v) is 6.46. The van der Waals surface area contributed by atoms with Gasteiger partial charge in [0.25, 0.3) is 5.91 Å². The lowest BCUT2D eigenvalue weighted by Gasteiger charge is -2.17. The molecule has 2 aromatic rings. The lowest BCUT2D eigenvalue weighted by molar-refractivity contribution is -0.128. The molecule has 0 saturated carbocycles. The average molecular weight is 356 g/mol. The minimum atomic E-state index is -0.305. The molecule has 0 aromatic heterocycles. The molecule has 3 rings (SSSR count). The first-order valence-corrected chi connectivity index (χ1v) is 8.44. The average Bonchev–Trinajstić information content (AvgIpc) is 2.96. The van der Waals surface area contributed by atoms with Gasteiger partial charge in [0, 0.05) is 25.1 Å². The van der Waals surface area contributed by atoms with E-state index in [1.54, 1.807) is 36.3 Å². The summed E-state index contributed by atoms with van der Waals surface area (Å²) < 4.78 is 18.2. The van der Waals surface area contributed by atoms with Gasteiger partial charge in [-0.15, -0.1) is 0 Å². The normalized spacial score (nSPS) is 16.7. The molecular weight excluding hydrogens is 335 g/mol. The minimum Gasteiger partial charge on any atom is -0.496 e. The fraction of sp³-hybridized carbons (Fsp3) is 0.300. The number of carbonyl (C=O) groups is 2. The number of halogens is 1. The predicted molar refractivity (Wildman–Crippen MR) is 95.4 cm³/mol. The van der Waals surface area contributed by atoms with Crippen molar-refractivity contribution in [3.63, 3.8) is 0 Å². The third-order valence-electron chi connectivity index (χ3n) is 4.51. The van der Waals surface area contributed by atoms with Gasteiger partial charge in [0.2, 0.25) is 5.91 Å². The number of aryl methyl sites for hydroxylation is 1. The highest BCUT2D eigenvalue weighted by atomic mass is 19.1. The predicted octanol–water partition coefficient (Wildman–Crippen LogP) is 2.67. The molecule has 1 aliphatic rings. The molecule has 6 heteroatoms. The highest BCUT2D eigenvalue weighted by Crippen LogP contribution is 2.20. The van der Waals surface area contributed by atoms with Crippen LogP contribution in [0.1, 0.15) is 27.9 Å². The van der Waals surface area contributed by atoms with Crippen LogP contribution >= 0.6 is 0 Å². The van der Waals surface area contributed by atoms with E-state index in [1.165, 1.54) is 12.1 Å². The molecule has 1 heterocycles. The van der Waals surface area contributed by atoms with Crippen molar-refractivity contribution in [3.8, 4) is 5.75 Å². The molecule has 0 bridgehead atoms. The number of benzene rings is 2. The maximum Gasteiger partial charge on any atom is 0.251 e. The second kappa shape index (κ2) is 7.56. The van der Waals surface area contributed by atoms with Crippen molar-refractivity contribution in [2.45, 2.75) is 25.9 Å². The number of likely N-dealkylation sites (tertiary alicyclic amines) is 1. The van der Waals surface area contributed by atoms with Crippen LogP contribution in [0.3, 0.4) is 0 Å². The molecule has 0 spiro atoms. The second-order valence-electron chi connectivity index (χ2n) is 6.46. The number of nitrogens with zero attached hydrogens (tertiary/aromatic N) is 1. The molecule has 1 aliphatic heterocycles. The summed E-state index contributed by atoms with van der Waals surface area (Å²) >= 11 is 0. The maximum absolute atomic E-state index is 13.0. The zero-order valence-corrected chi connectivity index (χ0v) is 14.8. The van der Waals surface area contributed by atoms with E-state index < -0.39 is 0 Å². The van der Waals surface area contributed by atoms with Crippen molar-refractivity contribution < 1.29 is 18.7 Å². The third kappa shape index (κ3) is 4.02. The number of hydrogen-bond acceptors (Lipinski definition) is 3. The summed E-state index contributed by atoms with van der Waals surface area (Å²) in [6, 6.07) is 11.1. The quantitative estimate of drug-likeness (QED) is 0.896. The molecule has 26 heavy (non-hydrogen) atoms. The van der Waals surface area contributed by atoms with Crippen LogP contribution in [0.4, 0.5) is 4.39 Å². The molecule has 1 saturated heterocycles. The maximum atomic E-state index is 13.0. The summed E-state index contributed by atoms with van der Waals surface area (Å²) in [5.41, 5.74) is 2.30. The van der Waals surface area contributed by atoms with Crippen molar-refractivity contribution in [2.75, 3.05) is 13.7 Å². The Balaban J connectivity index is 1.61. The Morgan fingerprint density at radius 3 is 2.69 bits per heavy atom. The number of hydrogen-bond donors (Lipinski definition) is 1. The fourth-order valence-electron chi connectivity index (χ4n) is 3.06. The van der Waals surface area contributed by atoms with Crippen molar-refractivity contribution in [1.29, 1.82) is 0 Å². The van der Waals surface area contributed by atoms with Crippen LogP contribution in [-0.4, -0.2) is 36.4 Å². The van der Waals surface area contributed by atoms with Gasteiger partial charge in [0.05, 0.1) is 13.2 Å². The first kappa shape index (κ1) is 17.9. The van der Waals surface area contributed by atoms with Crippen LogP contribution in [-0.2, 0) is 11.3 Å². The van der Waals surface area contributed by atoms with Gasteiger partial charge in [-0.05, 0) is 42.3 Å². The van der Waals surface area contributed by atoms with Gasteiger partial charge in [-0.25, -0.2) is 4.39 Å². The molecule has 1 N–H and O–H groups in total. The highest BCUT2D eigenvalue weighted by molar-refractivity contribution is 5.95. The zero-order valence-electron chi connectivity index (χ0n) is 14.8. The Labute approximate surface area is 151 Å². The van der Waals surface area contributed by atoms with Crippen molar-refractivity contribution in [3.05, 3.63) is 65.0 Å². The van der Waals surface area contributed by atoms with Crippen LogP contribution < -0.4 is 10.1 Å². The van der Waals surface area contributed by atoms with Gasteiger partial charge >= 0.3 is 0 Å². The van der Waals surface area contributed by atoms with Gasteiger partial charge in [0.15, 0.2) is 0 Å². The highest BCUT2D eigenvalue weighted by Gasteiger charge is 2.30. The molecule has 2 aromatic carbocycles. The number of carbonyl (C=O) groups excluding carboxylic acids is 2. The van der Waals surface area contributed by atoms with Crippen LogP contribution in [0.15, 0.2) is 42.5 Å². The first-order valence-electron chi connectivity index (χ1n) is 8.44. The molecule has 136 valence electrons. The molecule has 0 aliphatic carbocycles. The summed E-state index contributed by atoms with van der Waals surface area (Å²) in [4.78, 5) is 26.3. The standard InChI is InChI=1S/C20H21FN2O3/c1-13-3-6-15(9-18(13)26-2)20(25)22-17-10-19(24)23(12-17)11-14-4-7-16(21)8-5-14/h3-9,17H,10-12H2,1-2H3,(H,22,25)/t17-/m0/s1. The van der Waals surface area contributed by atoms with Crippen LogP contribution in [0.25, 0.3) is 0 Å². The summed E-state index contributed by atoms with van der Waals surface area (Å²) in [7, 11) is 1.56. The number of methoxy groups -OCH3 is 1. The van der Waals surface area contributed by atoms with E-state index in [-0.39, 0.29) is 30.1 Å². The summed E-state index contributed by atoms with van der Waals surface area (Å²) in [6.45, 7) is 2.75. The van der Waals surface area contributed by atoms with Gasteiger partial charge < -0.3 is 15.0 Å². The zero-order chi connectivity index (χ0) is 18.7. The summed E-state index contributed by atoms with van der Waals surface area (Å²) in [6.07, 6.45) is 0.260. The summed E-state index contributed by atoms with van der Waals surface area (Å²) in [5, 5.41) is 2.90. The monoisotopic (exact) mass is 356 g/mol. The Hall–Kier alpha value is -2.89. The SMILES string of the molecule is COc1cc(C(=O)N[C@H]2CC(=O)N(Cc3ccc(F)cc3)C2)ccc1C. The van der Waals surface area contributed by atoms with Crippen molar-refractivity contribution >= 4 is 11.8 Å². The van der Waals surface area contributed by atoms with Crippen LogP contribution in [0.5, 0.6) is 5.75 Å². The fourth-order valence-corrected chi connectivity index (χ4v) is 3.06. The largest absolute Gasteiger partial charge is 0.496 e. The first-order chi connectivity index (χ1) is 12.5. The van der Waals surface area contributed by atoms with Gasteiger partial charge in [-0.2, -0.15) is 0 Å². The number of ether oxygens (including phenoxy) is 1. The molecule has 2 amide bonds. The molecule has 0 radical (unpaired) electrons. The minimum absolute atomic E-state index is 0.0267. The smallest absolute Gasteiger partial charge is 0.251 e. The Kier molecular flexibility index (Phi) is 5.21. The van der Waals surface area contributed by atoms with E-state index >= 15 is 0 Å². The Bertz CT molecular complexity index is 820. The van der Waals surface area contributed by atoms with E-state index in [0.717, 1.165) is 11.1 Å².